The number of aliphatic hydroxyl groups is 1. The first kappa shape index (κ1) is 13.0. The molecule has 0 saturated heterocycles. The van der Waals surface area contributed by atoms with Crippen LogP contribution < -0.4 is 5.32 Å². The van der Waals surface area contributed by atoms with Gasteiger partial charge in [-0.25, -0.2) is 4.79 Å². The minimum absolute atomic E-state index is 0.0808. The fourth-order valence-electron chi connectivity index (χ4n) is 2.27. The highest BCUT2D eigenvalue weighted by atomic mass is 16.4. The molecule has 1 aliphatic carbocycles. The van der Waals surface area contributed by atoms with E-state index in [1.165, 1.54) is 0 Å². The first-order valence-corrected chi connectivity index (χ1v) is 5.52. The van der Waals surface area contributed by atoms with Gasteiger partial charge in [-0.1, -0.05) is 20.3 Å². The fraction of sp³-hybridized carbons (Fsp3) is 0.818. The number of aliphatic hydroxyl groups excluding tert-OH is 1. The van der Waals surface area contributed by atoms with Crippen molar-refractivity contribution in [2.45, 2.75) is 39.2 Å². The molecule has 5 nitrogen and oxygen atoms in total. The van der Waals surface area contributed by atoms with Crippen molar-refractivity contribution in [1.82, 2.24) is 5.32 Å². The molecule has 0 aliphatic heterocycles. The van der Waals surface area contributed by atoms with E-state index in [1.54, 1.807) is 0 Å². The van der Waals surface area contributed by atoms with E-state index in [-0.39, 0.29) is 17.2 Å². The van der Waals surface area contributed by atoms with Crippen molar-refractivity contribution in [3.63, 3.8) is 0 Å². The van der Waals surface area contributed by atoms with E-state index in [4.69, 9.17) is 10.2 Å². The zero-order valence-corrected chi connectivity index (χ0v) is 9.69. The van der Waals surface area contributed by atoms with Gasteiger partial charge in [0.05, 0.1) is 6.61 Å². The second-order valence-electron chi connectivity index (χ2n) is 5.02. The van der Waals surface area contributed by atoms with Crippen LogP contribution in [0.3, 0.4) is 0 Å². The van der Waals surface area contributed by atoms with Crippen LogP contribution in [0.2, 0.25) is 0 Å². The van der Waals surface area contributed by atoms with Gasteiger partial charge in [0.2, 0.25) is 5.91 Å². The van der Waals surface area contributed by atoms with Gasteiger partial charge < -0.3 is 15.5 Å². The summed E-state index contributed by atoms with van der Waals surface area (Å²) in [6, 6.07) is -1.19. The molecule has 1 unspecified atom stereocenters. The topological polar surface area (TPSA) is 86.6 Å². The lowest BCUT2D eigenvalue weighted by atomic mass is 9.81. The van der Waals surface area contributed by atoms with Crippen LogP contribution in [0.4, 0.5) is 0 Å². The molecular weight excluding hydrogens is 210 g/mol. The van der Waals surface area contributed by atoms with Crippen LogP contribution in [0.15, 0.2) is 0 Å². The third-order valence-corrected chi connectivity index (χ3v) is 3.37. The second kappa shape index (κ2) is 4.82. The summed E-state index contributed by atoms with van der Waals surface area (Å²) in [6.07, 6.45) is 2.75. The molecule has 1 amide bonds. The van der Waals surface area contributed by atoms with Gasteiger partial charge in [0.25, 0.3) is 0 Å². The Morgan fingerprint density at radius 2 is 2.12 bits per heavy atom. The van der Waals surface area contributed by atoms with Gasteiger partial charge >= 0.3 is 5.97 Å². The lowest BCUT2D eigenvalue weighted by molar-refractivity contribution is -0.144. The molecule has 0 heterocycles. The van der Waals surface area contributed by atoms with Crippen LogP contribution >= 0.6 is 0 Å². The average molecular weight is 229 g/mol. The fourth-order valence-corrected chi connectivity index (χ4v) is 2.27. The van der Waals surface area contributed by atoms with Crippen LogP contribution in [0.25, 0.3) is 0 Å². The number of amides is 1. The molecule has 0 spiro atoms. The van der Waals surface area contributed by atoms with E-state index in [9.17, 15) is 9.59 Å². The van der Waals surface area contributed by atoms with Crippen molar-refractivity contribution in [1.29, 1.82) is 0 Å². The highest BCUT2D eigenvalue weighted by Crippen LogP contribution is 2.42. The summed E-state index contributed by atoms with van der Waals surface area (Å²) in [5.74, 6) is -1.61. The van der Waals surface area contributed by atoms with Crippen molar-refractivity contribution in [2.24, 2.45) is 11.3 Å². The van der Waals surface area contributed by atoms with Gasteiger partial charge in [-0.3, -0.25) is 4.79 Å². The second-order valence-corrected chi connectivity index (χ2v) is 5.02. The maximum Gasteiger partial charge on any atom is 0.328 e. The average Bonchev–Trinajstić information content (AvgIpc) is 2.53. The molecule has 2 atom stereocenters. The molecule has 3 N–H and O–H groups in total. The number of carboxylic acids is 1. The monoisotopic (exact) mass is 229 g/mol. The summed E-state index contributed by atoms with van der Waals surface area (Å²) < 4.78 is 0. The number of rotatable bonds is 4. The number of hydrogen-bond donors (Lipinski definition) is 3. The van der Waals surface area contributed by atoms with E-state index in [1.807, 2.05) is 13.8 Å². The molecule has 1 saturated carbocycles. The molecule has 1 fully saturated rings. The Morgan fingerprint density at radius 3 is 2.50 bits per heavy atom. The Kier molecular flexibility index (Phi) is 3.91. The van der Waals surface area contributed by atoms with E-state index in [0.29, 0.717) is 0 Å². The first-order valence-electron chi connectivity index (χ1n) is 5.52. The summed E-state index contributed by atoms with van der Waals surface area (Å²) in [7, 11) is 0. The van der Waals surface area contributed by atoms with E-state index in [0.717, 1.165) is 19.3 Å². The minimum Gasteiger partial charge on any atom is -0.480 e. The molecule has 16 heavy (non-hydrogen) atoms. The normalized spacial score (nSPS) is 25.1. The van der Waals surface area contributed by atoms with Gasteiger partial charge in [0.1, 0.15) is 6.04 Å². The van der Waals surface area contributed by atoms with E-state index in [2.05, 4.69) is 5.32 Å². The number of carbonyl (C=O) groups excluding carboxylic acids is 1. The largest absolute Gasteiger partial charge is 0.480 e. The maximum atomic E-state index is 11.8. The standard InChI is InChI=1S/C11H19NO4/c1-11(2)5-3-4-7(11)9(14)12-8(6-13)10(15)16/h7-8,13H,3-6H2,1-2H3,(H,12,14)(H,15,16)/t7?,8-/m1/s1. The molecule has 0 aromatic carbocycles. The van der Waals surface area contributed by atoms with Crippen LogP contribution in [0.1, 0.15) is 33.1 Å². The van der Waals surface area contributed by atoms with E-state index >= 15 is 0 Å². The first-order chi connectivity index (χ1) is 7.38. The van der Waals surface area contributed by atoms with Crippen LogP contribution in [0, 0.1) is 11.3 Å². The van der Waals surface area contributed by atoms with Gasteiger partial charge in [0.15, 0.2) is 0 Å². The van der Waals surface area contributed by atoms with Crippen molar-refractivity contribution in [2.75, 3.05) is 6.61 Å². The molecular formula is C11H19NO4. The lowest BCUT2D eigenvalue weighted by Crippen LogP contribution is -2.47. The Hall–Kier alpha value is -1.10. The predicted molar refractivity (Wildman–Crippen MR) is 57.8 cm³/mol. The van der Waals surface area contributed by atoms with Crippen LogP contribution in [0.5, 0.6) is 0 Å². The van der Waals surface area contributed by atoms with Crippen LogP contribution in [-0.4, -0.2) is 34.7 Å². The predicted octanol–water partition coefficient (Wildman–Crippen LogP) is 0.374. The smallest absolute Gasteiger partial charge is 0.328 e. The quantitative estimate of drug-likeness (QED) is 0.650. The highest BCUT2D eigenvalue weighted by Gasteiger charge is 2.40. The van der Waals surface area contributed by atoms with Crippen molar-refractivity contribution >= 4 is 11.9 Å². The SMILES string of the molecule is CC1(C)CCCC1C(=O)N[C@H](CO)C(=O)O. The lowest BCUT2D eigenvalue weighted by Gasteiger charge is -2.26. The van der Waals surface area contributed by atoms with Gasteiger partial charge in [0, 0.05) is 5.92 Å². The van der Waals surface area contributed by atoms with Crippen molar-refractivity contribution < 1.29 is 19.8 Å². The summed E-state index contributed by atoms with van der Waals surface area (Å²) in [5.41, 5.74) is -0.0808. The Morgan fingerprint density at radius 1 is 1.50 bits per heavy atom. The molecule has 92 valence electrons. The molecule has 1 aliphatic rings. The third kappa shape index (κ3) is 2.72. The summed E-state index contributed by atoms with van der Waals surface area (Å²) in [5, 5.41) is 19.9. The van der Waals surface area contributed by atoms with Crippen molar-refractivity contribution in [3.05, 3.63) is 0 Å². The third-order valence-electron chi connectivity index (χ3n) is 3.37. The number of carboxylic acid groups (broad SMARTS) is 1. The Bertz CT molecular complexity index is 288. The molecule has 0 radical (unpaired) electrons. The zero-order valence-electron chi connectivity index (χ0n) is 9.69. The zero-order chi connectivity index (χ0) is 12.3. The Labute approximate surface area is 94.8 Å². The summed E-state index contributed by atoms with van der Waals surface area (Å²) >= 11 is 0. The van der Waals surface area contributed by atoms with Gasteiger partial charge in [-0.15, -0.1) is 0 Å². The van der Waals surface area contributed by atoms with Crippen LogP contribution in [-0.2, 0) is 9.59 Å². The maximum absolute atomic E-state index is 11.8. The number of nitrogens with one attached hydrogen (secondary N) is 1. The van der Waals surface area contributed by atoms with Gasteiger partial charge in [-0.05, 0) is 18.3 Å². The number of aliphatic carboxylic acids is 1. The minimum atomic E-state index is -1.20. The molecule has 5 heteroatoms. The summed E-state index contributed by atoms with van der Waals surface area (Å²) in [4.78, 5) is 22.5. The molecule has 0 bridgehead atoms. The molecule has 1 rings (SSSR count). The Balaban J connectivity index is 2.61. The number of carbonyl (C=O) groups is 2. The highest BCUT2D eigenvalue weighted by molar-refractivity contribution is 5.85. The number of hydrogen-bond acceptors (Lipinski definition) is 3. The summed E-state index contributed by atoms with van der Waals surface area (Å²) in [6.45, 7) is 3.45. The van der Waals surface area contributed by atoms with Crippen molar-refractivity contribution in [3.8, 4) is 0 Å². The van der Waals surface area contributed by atoms with Gasteiger partial charge in [-0.2, -0.15) is 0 Å². The van der Waals surface area contributed by atoms with E-state index < -0.39 is 18.6 Å². The molecule has 0 aromatic heterocycles. The molecule has 0 aromatic rings.